The Hall–Kier alpha value is -1.17. The second-order valence-corrected chi connectivity index (χ2v) is 6.18. The summed E-state index contributed by atoms with van der Waals surface area (Å²) in [6, 6.07) is 0. The highest BCUT2D eigenvalue weighted by molar-refractivity contribution is 5.83. The number of hydrogen-bond acceptors (Lipinski definition) is 5. The van der Waals surface area contributed by atoms with Gasteiger partial charge in [0.25, 0.3) is 0 Å². The predicted octanol–water partition coefficient (Wildman–Crippen LogP) is 2.49. The Labute approximate surface area is 139 Å². The first kappa shape index (κ1) is 19.9. The van der Waals surface area contributed by atoms with Crippen molar-refractivity contribution in [1.82, 2.24) is 0 Å². The molecule has 0 amide bonds. The summed E-state index contributed by atoms with van der Waals surface area (Å²) in [6.45, 7) is 6.06. The first-order chi connectivity index (χ1) is 10.9. The van der Waals surface area contributed by atoms with Crippen molar-refractivity contribution in [3.05, 3.63) is 24.3 Å². The van der Waals surface area contributed by atoms with Crippen molar-refractivity contribution in [1.29, 1.82) is 0 Å². The van der Waals surface area contributed by atoms with E-state index in [0.29, 0.717) is 6.42 Å². The minimum absolute atomic E-state index is 0.0722. The molecular weight excluding hydrogens is 296 g/mol. The third-order valence-electron chi connectivity index (χ3n) is 4.50. The van der Waals surface area contributed by atoms with Crippen molar-refractivity contribution in [3.8, 4) is 0 Å². The van der Waals surface area contributed by atoms with Crippen molar-refractivity contribution in [2.45, 2.75) is 58.0 Å². The molecule has 1 rings (SSSR count). The van der Waals surface area contributed by atoms with Gasteiger partial charge in [-0.3, -0.25) is 0 Å². The number of aliphatic hydroxyl groups excluding tert-OH is 1. The van der Waals surface area contributed by atoms with Crippen LogP contribution >= 0.6 is 0 Å². The smallest absolute Gasteiger partial charge is 0.330 e. The summed E-state index contributed by atoms with van der Waals surface area (Å²) in [5, 5.41) is 10.6. The van der Waals surface area contributed by atoms with E-state index < -0.39 is 18.2 Å². The summed E-state index contributed by atoms with van der Waals surface area (Å²) in [4.78, 5) is 11.4. The largest absolute Gasteiger partial charge is 0.456 e. The maximum atomic E-state index is 11.4. The van der Waals surface area contributed by atoms with E-state index in [1.165, 1.54) is 6.08 Å². The molecule has 6 atom stereocenters. The van der Waals surface area contributed by atoms with Crippen molar-refractivity contribution in [3.63, 3.8) is 0 Å². The van der Waals surface area contributed by atoms with Gasteiger partial charge in [-0.05, 0) is 25.3 Å². The fourth-order valence-electron chi connectivity index (χ4n) is 3.09. The van der Waals surface area contributed by atoms with Crippen LogP contribution in [0, 0.1) is 11.8 Å². The summed E-state index contributed by atoms with van der Waals surface area (Å²) in [5.74, 6) is -0.192. The molecule has 5 heteroatoms. The number of methoxy groups -OCH3 is 2. The van der Waals surface area contributed by atoms with Gasteiger partial charge in [0, 0.05) is 32.6 Å². The average molecular weight is 326 g/mol. The Kier molecular flexibility index (Phi) is 8.52. The van der Waals surface area contributed by atoms with Crippen molar-refractivity contribution in [2.24, 2.45) is 11.8 Å². The van der Waals surface area contributed by atoms with E-state index in [9.17, 15) is 9.90 Å². The second-order valence-electron chi connectivity index (χ2n) is 6.18. The zero-order valence-corrected chi connectivity index (χ0v) is 14.8. The van der Waals surface area contributed by atoms with Crippen LogP contribution in [-0.2, 0) is 19.0 Å². The standard InChI is InChI=1S/C18H30O5/c1-6-7-8-12(2)18(22-5)13(3)14(19)11-16-15(21-4)9-10-17(20)23-16/h6-7,9-10,12-16,18-19H,8,11H2,1-5H3/b7-6+/t12-,13-,14+,15+,16+,18+/m0/s1. The zero-order chi connectivity index (χ0) is 17.4. The Morgan fingerprint density at radius 3 is 2.65 bits per heavy atom. The van der Waals surface area contributed by atoms with Gasteiger partial charge in [0.2, 0.25) is 0 Å². The molecule has 0 saturated carbocycles. The molecule has 0 unspecified atom stereocenters. The average Bonchev–Trinajstić information content (AvgIpc) is 2.53. The van der Waals surface area contributed by atoms with E-state index in [0.717, 1.165) is 6.42 Å². The number of esters is 1. The van der Waals surface area contributed by atoms with Crippen LogP contribution in [0.3, 0.4) is 0 Å². The number of cyclic esters (lactones) is 1. The molecule has 0 aromatic heterocycles. The zero-order valence-electron chi connectivity index (χ0n) is 14.8. The number of ether oxygens (including phenoxy) is 3. The molecule has 0 spiro atoms. The van der Waals surface area contributed by atoms with E-state index in [4.69, 9.17) is 14.2 Å². The van der Waals surface area contributed by atoms with Gasteiger partial charge in [-0.15, -0.1) is 0 Å². The third-order valence-corrected chi connectivity index (χ3v) is 4.50. The summed E-state index contributed by atoms with van der Waals surface area (Å²) >= 11 is 0. The summed E-state index contributed by atoms with van der Waals surface area (Å²) in [6.07, 6.45) is 6.86. The number of carbonyl (C=O) groups is 1. The van der Waals surface area contributed by atoms with Crippen LogP contribution in [0.4, 0.5) is 0 Å². The van der Waals surface area contributed by atoms with Crippen LogP contribution in [-0.4, -0.2) is 49.7 Å². The van der Waals surface area contributed by atoms with E-state index >= 15 is 0 Å². The molecule has 0 aromatic rings. The van der Waals surface area contributed by atoms with Gasteiger partial charge in [0.1, 0.15) is 12.2 Å². The van der Waals surface area contributed by atoms with Crippen LogP contribution in [0.15, 0.2) is 24.3 Å². The highest BCUT2D eigenvalue weighted by Crippen LogP contribution is 2.27. The Balaban J connectivity index is 2.68. The maximum absolute atomic E-state index is 11.4. The summed E-state index contributed by atoms with van der Waals surface area (Å²) in [7, 11) is 3.23. The molecule has 0 radical (unpaired) electrons. The third kappa shape index (κ3) is 5.75. The van der Waals surface area contributed by atoms with Gasteiger partial charge in [-0.1, -0.05) is 26.0 Å². The van der Waals surface area contributed by atoms with Crippen LogP contribution in [0.1, 0.15) is 33.6 Å². The van der Waals surface area contributed by atoms with Crippen molar-refractivity contribution < 1.29 is 24.1 Å². The minimum Gasteiger partial charge on any atom is -0.456 e. The lowest BCUT2D eigenvalue weighted by Gasteiger charge is -2.34. The van der Waals surface area contributed by atoms with Crippen LogP contribution < -0.4 is 0 Å². The van der Waals surface area contributed by atoms with Crippen LogP contribution in [0.25, 0.3) is 0 Å². The molecule has 1 aliphatic rings. The van der Waals surface area contributed by atoms with Gasteiger partial charge in [-0.2, -0.15) is 0 Å². The highest BCUT2D eigenvalue weighted by Gasteiger charge is 2.34. The maximum Gasteiger partial charge on any atom is 0.330 e. The Morgan fingerprint density at radius 2 is 2.09 bits per heavy atom. The fraction of sp³-hybridized carbons (Fsp3) is 0.722. The second kappa shape index (κ2) is 9.85. The first-order valence-electron chi connectivity index (χ1n) is 8.18. The van der Waals surface area contributed by atoms with Crippen LogP contribution in [0.5, 0.6) is 0 Å². The number of carbonyl (C=O) groups excluding carboxylic acids is 1. The molecule has 1 N–H and O–H groups in total. The lowest BCUT2D eigenvalue weighted by atomic mass is 9.84. The van der Waals surface area contributed by atoms with Gasteiger partial charge in [0.05, 0.1) is 12.2 Å². The molecule has 0 saturated heterocycles. The van der Waals surface area contributed by atoms with Crippen molar-refractivity contribution in [2.75, 3.05) is 14.2 Å². The summed E-state index contributed by atoms with van der Waals surface area (Å²) in [5.41, 5.74) is 0. The molecule has 132 valence electrons. The van der Waals surface area contributed by atoms with Gasteiger partial charge in [0.15, 0.2) is 0 Å². The minimum atomic E-state index is -0.644. The lowest BCUT2D eigenvalue weighted by Crippen LogP contribution is -2.42. The first-order valence-corrected chi connectivity index (χ1v) is 8.18. The topological polar surface area (TPSA) is 65.0 Å². The van der Waals surface area contributed by atoms with E-state index in [1.54, 1.807) is 20.3 Å². The van der Waals surface area contributed by atoms with E-state index in [2.05, 4.69) is 13.0 Å². The number of rotatable bonds is 9. The molecule has 23 heavy (non-hydrogen) atoms. The summed E-state index contributed by atoms with van der Waals surface area (Å²) < 4.78 is 16.2. The normalized spacial score (nSPS) is 26.8. The molecule has 1 heterocycles. The quantitative estimate of drug-likeness (QED) is 0.521. The molecule has 1 aliphatic heterocycles. The van der Waals surface area contributed by atoms with Gasteiger partial charge >= 0.3 is 5.97 Å². The Morgan fingerprint density at radius 1 is 1.39 bits per heavy atom. The van der Waals surface area contributed by atoms with Crippen molar-refractivity contribution >= 4 is 5.97 Å². The van der Waals surface area contributed by atoms with Crippen LogP contribution in [0.2, 0.25) is 0 Å². The molecular formula is C18H30O5. The van der Waals surface area contributed by atoms with E-state index in [-0.39, 0.29) is 24.0 Å². The number of hydrogen-bond donors (Lipinski definition) is 1. The number of allylic oxidation sites excluding steroid dienone is 2. The molecule has 0 aromatic carbocycles. The SMILES string of the molecule is C/C=C/C[C@H](C)[C@@H](OC)[C@@H](C)[C@H](O)C[C@H]1OC(=O)C=C[C@H]1OC. The van der Waals surface area contributed by atoms with E-state index in [1.807, 2.05) is 19.9 Å². The Bertz CT molecular complexity index is 418. The van der Waals surface area contributed by atoms with Gasteiger partial charge in [-0.25, -0.2) is 4.79 Å². The van der Waals surface area contributed by atoms with Gasteiger partial charge < -0.3 is 19.3 Å². The molecule has 5 nitrogen and oxygen atoms in total. The highest BCUT2D eigenvalue weighted by atomic mass is 16.6. The number of aliphatic hydroxyl groups is 1. The fourth-order valence-corrected chi connectivity index (χ4v) is 3.09. The molecule has 0 aliphatic carbocycles. The monoisotopic (exact) mass is 326 g/mol. The molecule has 0 bridgehead atoms. The molecule has 0 fully saturated rings. The lowest BCUT2D eigenvalue weighted by molar-refractivity contribution is -0.154. The predicted molar refractivity (Wildman–Crippen MR) is 89.0 cm³/mol.